The first-order valence-electron chi connectivity index (χ1n) is 9.96. The maximum atomic E-state index is 13.5. The van der Waals surface area contributed by atoms with Crippen molar-refractivity contribution in [2.24, 2.45) is 0 Å². The van der Waals surface area contributed by atoms with E-state index in [2.05, 4.69) is 11.0 Å². The summed E-state index contributed by atoms with van der Waals surface area (Å²) in [5, 5.41) is 2.88. The van der Waals surface area contributed by atoms with Gasteiger partial charge in [0.1, 0.15) is 11.3 Å². The third kappa shape index (κ3) is 4.98. The molecule has 3 aromatic carbocycles. The second-order valence-electron chi connectivity index (χ2n) is 7.48. The molecule has 0 bridgehead atoms. The van der Waals surface area contributed by atoms with E-state index < -0.39 is 0 Å². The average Bonchev–Trinajstić information content (AvgIpc) is 3.19. The Morgan fingerprint density at radius 1 is 1.00 bits per heavy atom. The highest BCUT2D eigenvalue weighted by atomic mass is 35.5. The van der Waals surface area contributed by atoms with Gasteiger partial charge in [-0.05, 0) is 62.1 Å². The van der Waals surface area contributed by atoms with E-state index in [1.807, 2.05) is 68.7 Å². The van der Waals surface area contributed by atoms with Gasteiger partial charge in [-0.15, -0.1) is 12.4 Å². The molecule has 0 unspecified atom stereocenters. The van der Waals surface area contributed by atoms with Crippen molar-refractivity contribution in [1.29, 1.82) is 0 Å². The summed E-state index contributed by atoms with van der Waals surface area (Å²) >= 11 is 1.52. The maximum Gasteiger partial charge on any atom is 0.260 e. The Morgan fingerprint density at radius 2 is 1.77 bits per heavy atom. The first kappa shape index (κ1) is 23.0. The van der Waals surface area contributed by atoms with Crippen LogP contribution in [-0.4, -0.2) is 50.1 Å². The minimum atomic E-state index is -0.0301. The molecular weight excluding hydrogens is 430 g/mol. The standard InChI is InChI=1S/C24H25N3O2S.ClH/c1-26(2)14-7-15-27(24-25-22-20(29-3)10-6-11-21(22)30-24)23(28)19-13-12-17-8-4-5-9-18(17)16-19;/h4-6,8-13,16H,7,14-15H2,1-3H3;1H. The van der Waals surface area contributed by atoms with Gasteiger partial charge in [-0.1, -0.05) is 47.7 Å². The zero-order chi connectivity index (χ0) is 21.1. The molecule has 1 aromatic heterocycles. The summed E-state index contributed by atoms with van der Waals surface area (Å²) in [7, 11) is 5.72. The van der Waals surface area contributed by atoms with Gasteiger partial charge >= 0.3 is 0 Å². The minimum Gasteiger partial charge on any atom is -0.494 e. The zero-order valence-corrected chi connectivity index (χ0v) is 19.5. The fourth-order valence-electron chi connectivity index (χ4n) is 3.50. The molecule has 0 fully saturated rings. The van der Waals surface area contributed by atoms with Crippen molar-refractivity contribution in [1.82, 2.24) is 9.88 Å². The second-order valence-corrected chi connectivity index (χ2v) is 8.49. The van der Waals surface area contributed by atoms with Crippen molar-refractivity contribution in [2.75, 3.05) is 39.2 Å². The summed E-state index contributed by atoms with van der Waals surface area (Å²) in [5.41, 5.74) is 1.47. The first-order chi connectivity index (χ1) is 14.6. The summed E-state index contributed by atoms with van der Waals surface area (Å²) < 4.78 is 6.47. The van der Waals surface area contributed by atoms with Gasteiger partial charge in [-0.2, -0.15) is 0 Å². The Balaban J connectivity index is 0.00000272. The maximum absolute atomic E-state index is 13.5. The van der Waals surface area contributed by atoms with E-state index in [9.17, 15) is 4.79 Å². The molecule has 0 saturated heterocycles. The van der Waals surface area contributed by atoms with Crippen molar-refractivity contribution in [3.8, 4) is 5.75 Å². The van der Waals surface area contributed by atoms with Crippen LogP contribution in [0.3, 0.4) is 0 Å². The first-order valence-corrected chi connectivity index (χ1v) is 10.8. The van der Waals surface area contributed by atoms with E-state index in [4.69, 9.17) is 9.72 Å². The number of anilines is 1. The molecule has 4 aromatic rings. The summed E-state index contributed by atoms with van der Waals surface area (Å²) in [4.78, 5) is 22.2. The van der Waals surface area contributed by atoms with Crippen LogP contribution in [0.15, 0.2) is 60.7 Å². The predicted octanol–water partition coefficient (Wildman–Crippen LogP) is 5.48. The molecule has 0 N–H and O–H groups in total. The van der Waals surface area contributed by atoms with Gasteiger partial charge in [0.05, 0.1) is 11.8 Å². The highest BCUT2D eigenvalue weighted by Crippen LogP contribution is 2.34. The van der Waals surface area contributed by atoms with Crippen LogP contribution >= 0.6 is 23.7 Å². The van der Waals surface area contributed by atoms with Crippen LogP contribution in [0.2, 0.25) is 0 Å². The summed E-state index contributed by atoms with van der Waals surface area (Å²) in [6, 6.07) is 19.8. The lowest BCUT2D eigenvalue weighted by Gasteiger charge is -2.21. The molecule has 4 rings (SSSR count). The number of hydrogen-bond acceptors (Lipinski definition) is 5. The number of nitrogens with zero attached hydrogens (tertiary/aromatic N) is 3. The van der Waals surface area contributed by atoms with E-state index in [1.165, 1.54) is 11.3 Å². The minimum absolute atomic E-state index is 0. The number of fused-ring (bicyclic) bond motifs is 2. The van der Waals surface area contributed by atoms with E-state index in [0.29, 0.717) is 17.2 Å². The van der Waals surface area contributed by atoms with Crippen LogP contribution in [0.4, 0.5) is 5.13 Å². The van der Waals surface area contributed by atoms with Crippen molar-refractivity contribution >= 4 is 55.8 Å². The molecule has 5 nitrogen and oxygen atoms in total. The normalized spacial score (nSPS) is 11.0. The largest absolute Gasteiger partial charge is 0.494 e. The molecule has 0 radical (unpaired) electrons. The highest BCUT2D eigenvalue weighted by molar-refractivity contribution is 7.22. The highest BCUT2D eigenvalue weighted by Gasteiger charge is 2.22. The van der Waals surface area contributed by atoms with Gasteiger partial charge in [-0.3, -0.25) is 9.69 Å². The van der Waals surface area contributed by atoms with Gasteiger partial charge < -0.3 is 9.64 Å². The molecule has 162 valence electrons. The molecule has 0 spiro atoms. The van der Waals surface area contributed by atoms with Gasteiger partial charge in [0.15, 0.2) is 5.13 Å². The zero-order valence-electron chi connectivity index (χ0n) is 17.9. The van der Waals surface area contributed by atoms with E-state index in [-0.39, 0.29) is 18.3 Å². The van der Waals surface area contributed by atoms with E-state index in [1.54, 1.807) is 12.0 Å². The SMILES string of the molecule is COc1cccc2sc(N(CCCN(C)C)C(=O)c3ccc4ccccc4c3)nc12.Cl. The second kappa shape index (κ2) is 10.1. The Hall–Kier alpha value is -2.67. The molecule has 1 heterocycles. The number of halogens is 1. The lowest BCUT2D eigenvalue weighted by Crippen LogP contribution is -2.33. The number of hydrogen-bond donors (Lipinski definition) is 0. The number of methoxy groups -OCH3 is 1. The molecular formula is C24H26ClN3O2S. The van der Waals surface area contributed by atoms with Crippen LogP contribution in [0, 0.1) is 0 Å². The molecule has 0 saturated carbocycles. The van der Waals surface area contributed by atoms with Gasteiger partial charge in [0, 0.05) is 12.1 Å². The number of carbonyl (C=O) groups excluding carboxylic acids is 1. The number of carbonyl (C=O) groups is 1. The number of aromatic nitrogens is 1. The van der Waals surface area contributed by atoms with Crippen LogP contribution < -0.4 is 9.64 Å². The number of rotatable bonds is 7. The van der Waals surface area contributed by atoms with Crippen molar-refractivity contribution in [3.05, 3.63) is 66.2 Å². The van der Waals surface area contributed by atoms with Crippen molar-refractivity contribution < 1.29 is 9.53 Å². The summed E-state index contributed by atoms with van der Waals surface area (Å²) in [5.74, 6) is 0.693. The fourth-order valence-corrected chi connectivity index (χ4v) is 4.51. The summed E-state index contributed by atoms with van der Waals surface area (Å²) in [6.07, 6.45) is 0.860. The number of thiazole rings is 1. The van der Waals surface area contributed by atoms with Crippen LogP contribution in [0.1, 0.15) is 16.8 Å². The Kier molecular flexibility index (Phi) is 7.49. The third-order valence-electron chi connectivity index (χ3n) is 5.05. The topological polar surface area (TPSA) is 45.7 Å². The summed E-state index contributed by atoms with van der Waals surface area (Å²) in [6.45, 7) is 1.50. The Labute approximate surface area is 192 Å². The fraction of sp³-hybridized carbons (Fsp3) is 0.250. The van der Waals surface area contributed by atoms with E-state index >= 15 is 0 Å². The van der Waals surface area contributed by atoms with Gasteiger partial charge in [0.25, 0.3) is 5.91 Å². The lowest BCUT2D eigenvalue weighted by atomic mass is 10.1. The van der Waals surface area contributed by atoms with Crippen molar-refractivity contribution in [3.63, 3.8) is 0 Å². The van der Waals surface area contributed by atoms with E-state index in [0.717, 1.165) is 39.7 Å². The Morgan fingerprint density at radius 3 is 2.52 bits per heavy atom. The number of ether oxygens (including phenoxy) is 1. The molecule has 0 aliphatic rings. The molecule has 0 aliphatic carbocycles. The number of amides is 1. The molecule has 7 heteroatoms. The monoisotopic (exact) mass is 455 g/mol. The predicted molar refractivity (Wildman–Crippen MR) is 132 cm³/mol. The van der Waals surface area contributed by atoms with Crippen LogP contribution in [-0.2, 0) is 0 Å². The molecule has 31 heavy (non-hydrogen) atoms. The van der Waals surface area contributed by atoms with Gasteiger partial charge in [0.2, 0.25) is 0 Å². The molecule has 0 atom stereocenters. The molecule has 1 amide bonds. The van der Waals surface area contributed by atoms with Crippen LogP contribution in [0.25, 0.3) is 21.0 Å². The number of benzene rings is 3. The van der Waals surface area contributed by atoms with Crippen LogP contribution in [0.5, 0.6) is 5.75 Å². The smallest absolute Gasteiger partial charge is 0.260 e. The lowest BCUT2D eigenvalue weighted by molar-refractivity contribution is 0.0986. The van der Waals surface area contributed by atoms with Crippen molar-refractivity contribution in [2.45, 2.75) is 6.42 Å². The third-order valence-corrected chi connectivity index (χ3v) is 6.09. The number of para-hydroxylation sites is 1. The molecule has 0 aliphatic heterocycles. The van der Waals surface area contributed by atoms with Gasteiger partial charge in [-0.25, -0.2) is 4.98 Å². The average molecular weight is 456 g/mol. The Bertz CT molecular complexity index is 1190. The quantitative estimate of drug-likeness (QED) is 0.370.